The number of rotatable bonds is 5. The van der Waals surface area contributed by atoms with Crippen LogP contribution in [0.5, 0.6) is 0 Å². The molecule has 0 bridgehead atoms. The van der Waals surface area contributed by atoms with Gasteiger partial charge in [-0.2, -0.15) is 13.2 Å². The summed E-state index contributed by atoms with van der Waals surface area (Å²) in [7, 11) is -3.78. The number of sulfone groups is 1. The Labute approximate surface area is 125 Å². The summed E-state index contributed by atoms with van der Waals surface area (Å²) in [4.78, 5) is 12.4. The van der Waals surface area contributed by atoms with Gasteiger partial charge in [0.2, 0.25) is 0 Å². The van der Waals surface area contributed by atoms with Crippen LogP contribution in [0.25, 0.3) is 0 Å². The third-order valence-corrected chi connectivity index (χ3v) is 4.77. The van der Waals surface area contributed by atoms with Crippen LogP contribution >= 0.6 is 0 Å². The van der Waals surface area contributed by atoms with Crippen LogP contribution in [0.1, 0.15) is 11.1 Å². The standard InChI is InChI=1S/C13H14F3NO4S/c14-13(15,16)11-4-2-1-3-10(11)9-22(19,20)8-6-17-5-7-21-12(17)18/h1-4H,5-9H2. The number of carbonyl (C=O) groups excluding carboxylic acids is 1. The first-order valence-electron chi connectivity index (χ1n) is 6.46. The fraction of sp³-hybridized carbons (Fsp3) is 0.462. The third-order valence-electron chi connectivity index (χ3n) is 3.22. The number of carbonyl (C=O) groups is 1. The highest BCUT2D eigenvalue weighted by molar-refractivity contribution is 7.90. The lowest BCUT2D eigenvalue weighted by Gasteiger charge is -2.15. The van der Waals surface area contributed by atoms with Crippen LogP contribution in [0.3, 0.4) is 0 Å². The molecule has 0 N–H and O–H groups in total. The van der Waals surface area contributed by atoms with Crippen molar-refractivity contribution in [3.8, 4) is 0 Å². The highest BCUT2D eigenvalue weighted by atomic mass is 32.2. The third kappa shape index (κ3) is 4.12. The van der Waals surface area contributed by atoms with Gasteiger partial charge >= 0.3 is 12.3 Å². The van der Waals surface area contributed by atoms with Gasteiger partial charge in [0.05, 0.1) is 23.6 Å². The molecule has 5 nitrogen and oxygen atoms in total. The molecule has 1 amide bonds. The van der Waals surface area contributed by atoms with E-state index < -0.39 is 39.2 Å². The lowest BCUT2D eigenvalue weighted by atomic mass is 10.1. The molecule has 22 heavy (non-hydrogen) atoms. The van der Waals surface area contributed by atoms with Crippen LogP contribution < -0.4 is 0 Å². The summed E-state index contributed by atoms with van der Waals surface area (Å²) in [6, 6.07) is 4.56. The molecule has 0 radical (unpaired) electrons. The Kier molecular flexibility index (Phi) is 4.64. The van der Waals surface area contributed by atoms with Crippen LogP contribution in [0.15, 0.2) is 24.3 Å². The summed E-state index contributed by atoms with van der Waals surface area (Å²) in [5, 5.41) is 0. The lowest BCUT2D eigenvalue weighted by Crippen LogP contribution is -2.30. The van der Waals surface area contributed by atoms with Crippen LogP contribution in [-0.4, -0.2) is 44.9 Å². The number of hydrogen-bond acceptors (Lipinski definition) is 4. The zero-order valence-electron chi connectivity index (χ0n) is 11.5. The Morgan fingerprint density at radius 1 is 1.23 bits per heavy atom. The van der Waals surface area contributed by atoms with E-state index >= 15 is 0 Å². The summed E-state index contributed by atoms with van der Waals surface area (Å²) < 4.78 is 67.2. The minimum absolute atomic E-state index is 0.0879. The van der Waals surface area contributed by atoms with E-state index in [1.807, 2.05) is 0 Å². The van der Waals surface area contributed by atoms with Crippen LogP contribution in [0.4, 0.5) is 18.0 Å². The first-order chi connectivity index (χ1) is 10.2. The minimum Gasteiger partial charge on any atom is -0.448 e. The van der Waals surface area contributed by atoms with Gasteiger partial charge in [-0.1, -0.05) is 18.2 Å². The van der Waals surface area contributed by atoms with Crippen molar-refractivity contribution >= 4 is 15.9 Å². The molecule has 122 valence electrons. The molecule has 0 atom stereocenters. The molecule has 1 heterocycles. The summed E-state index contributed by atoms with van der Waals surface area (Å²) in [5.74, 6) is -1.13. The van der Waals surface area contributed by atoms with Gasteiger partial charge in [-0.15, -0.1) is 0 Å². The van der Waals surface area contributed by atoms with Gasteiger partial charge in [0.15, 0.2) is 9.84 Å². The van der Waals surface area contributed by atoms with Crippen molar-refractivity contribution in [2.24, 2.45) is 0 Å². The number of alkyl halides is 3. The molecule has 1 fully saturated rings. The molecule has 1 saturated heterocycles. The Morgan fingerprint density at radius 3 is 2.50 bits per heavy atom. The Bertz CT molecular complexity index is 657. The molecule has 9 heteroatoms. The molecule has 2 rings (SSSR count). The second-order valence-corrected chi connectivity index (χ2v) is 7.03. The van der Waals surface area contributed by atoms with Crippen molar-refractivity contribution in [1.82, 2.24) is 4.90 Å². The van der Waals surface area contributed by atoms with E-state index in [1.54, 1.807) is 0 Å². The van der Waals surface area contributed by atoms with Crippen LogP contribution in [-0.2, 0) is 26.5 Å². The number of cyclic esters (lactones) is 1. The smallest absolute Gasteiger partial charge is 0.416 e. The predicted molar refractivity (Wildman–Crippen MR) is 71.9 cm³/mol. The van der Waals surface area contributed by atoms with Gasteiger partial charge in [0, 0.05) is 6.54 Å². The fourth-order valence-electron chi connectivity index (χ4n) is 2.11. The lowest BCUT2D eigenvalue weighted by molar-refractivity contribution is -0.138. The maximum absolute atomic E-state index is 12.8. The zero-order valence-corrected chi connectivity index (χ0v) is 12.3. The summed E-state index contributed by atoms with van der Waals surface area (Å²) in [6.07, 6.45) is -5.21. The molecule has 0 spiro atoms. The normalized spacial score (nSPS) is 16.0. The molecule has 0 aliphatic carbocycles. The van der Waals surface area contributed by atoms with Crippen LogP contribution in [0.2, 0.25) is 0 Å². The van der Waals surface area contributed by atoms with E-state index in [-0.39, 0.29) is 25.3 Å². The number of nitrogens with zero attached hydrogens (tertiary/aromatic N) is 1. The summed E-state index contributed by atoms with van der Waals surface area (Å²) in [5.41, 5.74) is -1.25. The van der Waals surface area contributed by atoms with Crippen molar-refractivity contribution in [1.29, 1.82) is 0 Å². The van der Waals surface area contributed by atoms with Crippen molar-refractivity contribution in [3.05, 3.63) is 35.4 Å². The Morgan fingerprint density at radius 2 is 1.91 bits per heavy atom. The van der Waals surface area contributed by atoms with Crippen molar-refractivity contribution in [3.63, 3.8) is 0 Å². The van der Waals surface area contributed by atoms with E-state index in [1.165, 1.54) is 17.0 Å². The monoisotopic (exact) mass is 337 g/mol. The van der Waals surface area contributed by atoms with E-state index in [0.29, 0.717) is 0 Å². The summed E-state index contributed by atoms with van der Waals surface area (Å²) in [6.45, 7) is 0.388. The molecule has 0 aromatic heterocycles. The maximum atomic E-state index is 12.8. The van der Waals surface area contributed by atoms with Crippen molar-refractivity contribution in [2.75, 3.05) is 25.4 Å². The molecule has 0 saturated carbocycles. The molecular formula is C13H14F3NO4S. The average Bonchev–Trinajstić information content (AvgIpc) is 2.81. The largest absolute Gasteiger partial charge is 0.448 e. The van der Waals surface area contributed by atoms with Gasteiger partial charge in [-0.25, -0.2) is 13.2 Å². The Balaban J connectivity index is 2.07. The quantitative estimate of drug-likeness (QED) is 0.825. The zero-order chi connectivity index (χ0) is 16.4. The van der Waals surface area contributed by atoms with Crippen molar-refractivity contribution in [2.45, 2.75) is 11.9 Å². The van der Waals surface area contributed by atoms with E-state index in [0.717, 1.165) is 12.1 Å². The van der Waals surface area contributed by atoms with Gasteiger partial charge in [-0.3, -0.25) is 0 Å². The predicted octanol–water partition coefficient (Wildman–Crippen LogP) is 2.07. The van der Waals surface area contributed by atoms with E-state index in [4.69, 9.17) is 0 Å². The molecule has 1 aliphatic heterocycles. The SMILES string of the molecule is O=C1OCCN1CCS(=O)(=O)Cc1ccccc1C(F)(F)F. The molecule has 1 aromatic carbocycles. The van der Waals surface area contributed by atoms with Gasteiger partial charge < -0.3 is 9.64 Å². The number of hydrogen-bond donors (Lipinski definition) is 0. The van der Waals surface area contributed by atoms with Gasteiger partial charge in [0.1, 0.15) is 6.61 Å². The van der Waals surface area contributed by atoms with Gasteiger partial charge in [-0.05, 0) is 11.6 Å². The first kappa shape index (κ1) is 16.6. The average molecular weight is 337 g/mol. The van der Waals surface area contributed by atoms with E-state index in [2.05, 4.69) is 4.74 Å². The minimum atomic E-state index is -4.61. The number of halogens is 3. The van der Waals surface area contributed by atoms with Gasteiger partial charge in [0.25, 0.3) is 0 Å². The highest BCUT2D eigenvalue weighted by Crippen LogP contribution is 2.32. The summed E-state index contributed by atoms with van der Waals surface area (Å²) >= 11 is 0. The Hall–Kier alpha value is -1.77. The molecule has 1 aliphatic rings. The van der Waals surface area contributed by atoms with Crippen LogP contribution in [0, 0.1) is 0 Å². The second-order valence-electron chi connectivity index (χ2n) is 4.85. The second kappa shape index (κ2) is 6.15. The molecule has 0 unspecified atom stereocenters. The number of benzene rings is 1. The topological polar surface area (TPSA) is 63.7 Å². The number of amides is 1. The van der Waals surface area contributed by atoms with Crippen molar-refractivity contribution < 1.29 is 31.1 Å². The first-order valence-corrected chi connectivity index (χ1v) is 8.28. The molecular weight excluding hydrogens is 323 g/mol. The number of ether oxygens (including phenoxy) is 1. The highest BCUT2D eigenvalue weighted by Gasteiger charge is 2.34. The maximum Gasteiger partial charge on any atom is 0.416 e. The molecule has 1 aromatic rings. The van der Waals surface area contributed by atoms with E-state index in [9.17, 15) is 26.4 Å². The fourth-order valence-corrected chi connectivity index (χ4v) is 3.48.